The van der Waals surface area contributed by atoms with Gasteiger partial charge >= 0.3 is 0 Å². The molecule has 18 heavy (non-hydrogen) atoms. The number of hydrogen-bond acceptors (Lipinski definition) is 4. The van der Waals surface area contributed by atoms with Crippen molar-refractivity contribution in [2.24, 2.45) is 0 Å². The molecule has 3 N–H and O–H groups in total. The van der Waals surface area contributed by atoms with Crippen LogP contribution in [0.25, 0.3) is 0 Å². The van der Waals surface area contributed by atoms with Gasteiger partial charge in [0.15, 0.2) is 0 Å². The minimum atomic E-state index is -3.61. The Balaban J connectivity index is 2.92. The zero-order chi connectivity index (χ0) is 13.9. The topological polar surface area (TPSA) is 89.3 Å². The Morgan fingerprint density at radius 3 is 2.56 bits per heavy atom. The average Bonchev–Trinajstić information content (AvgIpc) is 2.19. The highest BCUT2D eigenvalue weighted by atomic mass is 32.2. The number of rotatable bonds is 5. The van der Waals surface area contributed by atoms with E-state index in [0.29, 0.717) is 5.69 Å². The van der Waals surface area contributed by atoms with Gasteiger partial charge in [0.2, 0.25) is 10.0 Å². The van der Waals surface area contributed by atoms with E-state index < -0.39 is 20.8 Å². The molecule has 0 aliphatic rings. The second-order valence-electron chi connectivity index (χ2n) is 4.28. The van der Waals surface area contributed by atoms with Gasteiger partial charge in [0.1, 0.15) is 0 Å². The van der Waals surface area contributed by atoms with Gasteiger partial charge in [-0.1, -0.05) is 6.07 Å². The third kappa shape index (κ3) is 4.08. The van der Waals surface area contributed by atoms with Gasteiger partial charge in [-0.15, -0.1) is 0 Å². The Labute approximate surface area is 110 Å². The van der Waals surface area contributed by atoms with Crippen LogP contribution in [0.4, 0.5) is 5.69 Å². The summed E-state index contributed by atoms with van der Waals surface area (Å²) in [5, 5.41) is 0. The minimum absolute atomic E-state index is 0.124. The van der Waals surface area contributed by atoms with Gasteiger partial charge in [-0.05, 0) is 31.5 Å². The smallest absolute Gasteiger partial charge is 0.240 e. The summed E-state index contributed by atoms with van der Waals surface area (Å²) in [4.78, 5) is 0.124. The Kier molecular flexibility index (Phi) is 4.89. The van der Waals surface area contributed by atoms with Crippen LogP contribution in [-0.4, -0.2) is 30.7 Å². The number of sulfonamides is 1. The van der Waals surface area contributed by atoms with Crippen molar-refractivity contribution >= 4 is 26.5 Å². The first kappa shape index (κ1) is 15.1. The molecule has 0 spiro atoms. The molecule has 0 fully saturated rings. The van der Waals surface area contributed by atoms with Crippen LogP contribution in [0.1, 0.15) is 12.5 Å². The summed E-state index contributed by atoms with van der Waals surface area (Å²) in [6, 6.07) is 4.20. The molecule has 0 saturated carbocycles. The molecule has 1 rings (SSSR count). The lowest BCUT2D eigenvalue weighted by Gasteiger charge is -2.13. The molecule has 1 aromatic carbocycles. The quantitative estimate of drug-likeness (QED) is 0.778. The largest absolute Gasteiger partial charge is 0.398 e. The lowest BCUT2D eigenvalue weighted by molar-refractivity contribution is 0.570. The van der Waals surface area contributed by atoms with Crippen molar-refractivity contribution in [2.75, 3.05) is 17.7 Å². The van der Waals surface area contributed by atoms with Crippen LogP contribution in [0.3, 0.4) is 0 Å². The normalized spacial score (nSPS) is 15.3. The van der Waals surface area contributed by atoms with Crippen LogP contribution in [0, 0.1) is 6.92 Å². The maximum atomic E-state index is 12.0. The van der Waals surface area contributed by atoms with Crippen molar-refractivity contribution in [1.82, 2.24) is 4.72 Å². The van der Waals surface area contributed by atoms with E-state index in [4.69, 9.17) is 5.73 Å². The number of benzene rings is 1. The molecule has 2 atom stereocenters. The first-order valence-corrected chi connectivity index (χ1v) is 8.62. The number of anilines is 1. The number of hydrogen-bond donors (Lipinski definition) is 2. The Bertz CT molecular complexity index is 555. The van der Waals surface area contributed by atoms with Crippen molar-refractivity contribution in [1.29, 1.82) is 0 Å². The van der Waals surface area contributed by atoms with Crippen molar-refractivity contribution in [3.63, 3.8) is 0 Å². The van der Waals surface area contributed by atoms with E-state index in [1.165, 1.54) is 18.4 Å². The molecule has 102 valence electrons. The summed E-state index contributed by atoms with van der Waals surface area (Å²) in [5.41, 5.74) is 6.95. The van der Waals surface area contributed by atoms with E-state index in [1.54, 1.807) is 13.0 Å². The van der Waals surface area contributed by atoms with Crippen LogP contribution in [0.5, 0.6) is 0 Å². The van der Waals surface area contributed by atoms with E-state index in [2.05, 4.69) is 4.72 Å². The minimum Gasteiger partial charge on any atom is -0.398 e. The summed E-state index contributed by atoms with van der Waals surface area (Å²) in [5.74, 6) is 0.278. The fourth-order valence-corrected chi connectivity index (χ4v) is 3.68. The molecule has 5 nitrogen and oxygen atoms in total. The van der Waals surface area contributed by atoms with Crippen LogP contribution in [0.2, 0.25) is 0 Å². The second-order valence-corrected chi connectivity index (χ2v) is 7.47. The first-order valence-electron chi connectivity index (χ1n) is 5.41. The van der Waals surface area contributed by atoms with E-state index in [1.807, 2.05) is 6.92 Å². The molecule has 0 aliphatic carbocycles. The average molecular weight is 290 g/mol. The molecule has 7 heteroatoms. The number of aryl methyl sites for hydroxylation is 1. The third-order valence-electron chi connectivity index (χ3n) is 2.40. The molecule has 0 bridgehead atoms. The molecule has 2 unspecified atom stereocenters. The van der Waals surface area contributed by atoms with E-state index in [9.17, 15) is 12.6 Å². The molecule has 0 saturated heterocycles. The Morgan fingerprint density at radius 2 is 2.06 bits per heavy atom. The fraction of sp³-hybridized carbons (Fsp3) is 0.455. The van der Waals surface area contributed by atoms with Gasteiger partial charge in [-0.3, -0.25) is 4.21 Å². The van der Waals surface area contributed by atoms with E-state index in [-0.39, 0.29) is 16.7 Å². The fourth-order valence-electron chi connectivity index (χ4n) is 1.50. The molecule has 0 aliphatic heterocycles. The highest BCUT2D eigenvalue weighted by Crippen LogP contribution is 2.17. The molecule has 0 radical (unpaired) electrons. The van der Waals surface area contributed by atoms with Crippen LogP contribution in [0.15, 0.2) is 23.1 Å². The van der Waals surface area contributed by atoms with Crippen molar-refractivity contribution < 1.29 is 12.6 Å². The highest BCUT2D eigenvalue weighted by Gasteiger charge is 2.18. The predicted octanol–water partition coefficient (Wildman–Crippen LogP) is 0.623. The zero-order valence-corrected chi connectivity index (χ0v) is 12.3. The maximum absolute atomic E-state index is 12.0. The summed E-state index contributed by atoms with van der Waals surface area (Å²) >= 11 is 0. The standard InChI is InChI=1S/C11H18N2O3S2/c1-8-4-5-10(6-11(8)12)18(15,16)13-9(2)7-17(3)14/h4-6,9,13H,7,12H2,1-3H3. The number of nitrogens with one attached hydrogen (secondary N) is 1. The summed E-state index contributed by atoms with van der Waals surface area (Å²) in [6.07, 6.45) is 1.54. The number of nitrogen functional groups attached to an aromatic ring is 1. The lowest BCUT2D eigenvalue weighted by atomic mass is 10.2. The van der Waals surface area contributed by atoms with Gasteiger partial charge < -0.3 is 5.73 Å². The van der Waals surface area contributed by atoms with Crippen LogP contribution in [-0.2, 0) is 20.8 Å². The van der Waals surface area contributed by atoms with E-state index in [0.717, 1.165) is 5.56 Å². The highest BCUT2D eigenvalue weighted by molar-refractivity contribution is 7.89. The van der Waals surface area contributed by atoms with Crippen molar-refractivity contribution in [3.05, 3.63) is 23.8 Å². The van der Waals surface area contributed by atoms with Gasteiger partial charge in [-0.2, -0.15) is 0 Å². The molecular weight excluding hydrogens is 272 g/mol. The van der Waals surface area contributed by atoms with Crippen LogP contribution < -0.4 is 10.5 Å². The van der Waals surface area contributed by atoms with Crippen molar-refractivity contribution in [2.45, 2.75) is 24.8 Å². The molecule has 0 amide bonds. The molecule has 1 aromatic rings. The monoisotopic (exact) mass is 290 g/mol. The third-order valence-corrected chi connectivity index (χ3v) is 4.96. The Hall–Kier alpha value is -0.920. The van der Waals surface area contributed by atoms with Gasteiger partial charge in [0, 0.05) is 34.5 Å². The van der Waals surface area contributed by atoms with Gasteiger partial charge in [0.25, 0.3) is 0 Å². The SMILES string of the molecule is Cc1ccc(S(=O)(=O)NC(C)CS(C)=O)cc1N. The van der Waals surface area contributed by atoms with Crippen LogP contribution >= 0.6 is 0 Å². The first-order chi connectivity index (χ1) is 8.22. The molecular formula is C11H18N2O3S2. The van der Waals surface area contributed by atoms with Gasteiger partial charge in [0.05, 0.1) is 4.90 Å². The lowest BCUT2D eigenvalue weighted by Crippen LogP contribution is -2.36. The molecule has 0 aromatic heterocycles. The van der Waals surface area contributed by atoms with Crippen molar-refractivity contribution in [3.8, 4) is 0 Å². The summed E-state index contributed by atoms with van der Waals surface area (Å²) in [7, 11) is -4.66. The van der Waals surface area contributed by atoms with E-state index >= 15 is 0 Å². The summed E-state index contributed by atoms with van der Waals surface area (Å²) < 4.78 is 37.5. The second kappa shape index (κ2) is 5.81. The maximum Gasteiger partial charge on any atom is 0.240 e. The summed E-state index contributed by atoms with van der Waals surface area (Å²) in [6.45, 7) is 3.48. The number of nitrogens with two attached hydrogens (primary N) is 1. The Morgan fingerprint density at radius 1 is 1.44 bits per heavy atom. The van der Waals surface area contributed by atoms with Gasteiger partial charge in [-0.25, -0.2) is 13.1 Å². The zero-order valence-electron chi connectivity index (χ0n) is 10.6. The molecule has 0 heterocycles. The predicted molar refractivity (Wildman–Crippen MR) is 74.3 cm³/mol.